The van der Waals surface area contributed by atoms with E-state index in [9.17, 15) is 9.18 Å². The first-order valence-electron chi connectivity index (χ1n) is 1.15. The Bertz CT molecular complexity index is 70.0. The highest BCUT2D eigenvalue weighted by molar-refractivity contribution is 5.85. The molecule has 28 valence electrons. The van der Waals surface area contributed by atoms with Crippen molar-refractivity contribution in [3.05, 3.63) is 0 Å². The van der Waals surface area contributed by atoms with Gasteiger partial charge in [0.05, 0.1) is 0 Å². The minimum Gasteiger partial charge on any atom is -0.415 e. The van der Waals surface area contributed by atoms with E-state index in [0.29, 0.717) is 0 Å². The summed E-state index contributed by atoms with van der Waals surface area (Å²) in [4.78, 5) is 9.29. The largest absolute Gasteiger partial charge is 0.415 e. The lowest BCUT2D eigenvalue weighted by atomic mass is 10.9. The van der Waals surface area contributed by atoms with Gasteiger partial charge in [0.2, 0.25) is 0 Å². The molecule has 0 aromatic carbocycles. The summed E-state index contributed by atoms with van der Waals surface area (Å²) in [6, 6.07) is 0. The first-order chi connectivity index (χ1) is 2.30. The Hall–Kier alpha value is -0.600. The number of hydrogen-bond acceptors (Lipinski definition) is 2. The van der Waals surface area contributed by atoms with Gasteiger partial charge in [-0.3, -0.25) is 0 Å². The van der Waals surface area contributed by atoms with Gasteiger partial charge in [-0.25, -0.2) is 4.79 Å². The molecule has 0 spiro atoms. The SMILES string of the molecule is O=C1OC1F. The van der Waals surface area contributed by atoms with E-state index < -0.39 is 12.3 Å². The van der Waals surface area contributed by atoms with Gasteiger partial charge in [0.25, 0.3) is 0 Å². The molecule has 3 heteroatoms. The summed E-state index contributed by atoms with van der Waals surface area (Å²) in [6.07, 6.45) is -1.59. The molecule has 1 saturated heterocycles. The van der Waals surface area contributed by atoms with Crippen LogP contribution in [0.4, 0.5) is 4.39 Å². The van der Waals surface area contributed by atoms with Gasteiger partial charge in [-0.1, -0.05) is 0 Å². The average molecular weight is 76.0 g/mol. The summed E-state index contributed by atoms with van der Waals surface area (Å²) in [5, 5.41) is 0. The molecule has 1 unspecified atom stereocenters. The van der Waals surface area contributed by atoms with Gasteiger partial charge >= 0.3 is 12.3 Å². The van der Waals surface area contributed by atoms with Gasteiger partial charge in [0.15, 0.2) is 0 Å². The summed E-state index contributed by atoms with van der Waals surface area (Å²) in [7, 11) is 0. The van der Waals surface area contributed by atoms with Crippen LogP contribution in [0, 0.1) is 0 Å². The number of carbonyl (C=O) groups is 1. The molecule has 2 nitrogen and oxygen atoms in total. The lowest BCUT2D eigenvalue weighted by Gasteiger charge is -1.44. The van der Waals surface area contributed by atoms with Crippen molar-refractivity contribution in [3.63, 3.8) is 0 Å². The van der Waals surface area contributed by atoms with E-state index in [4.69, 9.17) is 0 Å². The summed E-state index contributed by atoms with van der Waals surface area (Å²) < 4.78 is 14.5. The molecule has 1 rings (SSSR count). The third-order valence-electron chi connectivity index (χ3n) is 0.348. The topological polar surface area (TPSA) is 29.6 Å². The van der Waals surface area contributed by atoms with Crippen LogP contribution >= 0.6 is 0 Å². The number of alkyl halides is 1. The number of halogens is 1. The van der Waals surface area contributed by atoms with Crippen LogP contribution in [0.1, 0.15) is 0 Å². The molecule has 0 N–H and O–H groups in total. The monoisotopic (exact) mass is 76.0 g/mol. The molecule has 5 heavy (non-hydrogen) atoms. The standard InChI is InChI=1S/C2HFO2/c3-1-2(4)5-1/h1H. The molecule has 0 aliphatic carbocycles. The van der Waals surface area contributed by atoms with E-state index in [1.165, 1.54) is 0 Å². The molecule has 1 aliphatic heterocycles. The fourth-order valence-corrected chi connectivity index (χ4v) is 0.0680. The van der Waals surface area contributed by atoms with E-state index in [1.54, 1.807) is 0 Å². The molecule has 0 bridgehead atoms. The fourth-order valence-electron chi connectivity index (χ4n) is 0.0680. The summed E-state index contributed by atoms with van der Waals surface area (Å²) in [6.45, 7) is 0. The average Bonchev–Trinajstić information content (AvgIpc) is 1.79. The van der Waals surface area contributed by atoms with Crippen LogP contribution in [0.2, 0.25) is 0 Å². The zero-order chi connectivity index (χ0) is 3.86. The highest BCUT2D eigenvalue weighted by Crippen LogP contribution is 2.10. The Kier molecular flexibility index (Phi) is 0.251. The zero-order valence-electron chi connectivity index (χ0n) is 2.27. The van der Waals surface area contributed by atoms with Crippen LogP contribution < -0.4 is 0 Å². The highest BCUT2D eigenvalue weighted by atomic mass is 19.2. The van der Waals surface area contributed by atoms with Crippen LogP contribution in [0.15, 0.2) is 0 Å². The number of hydrogen-bond donors (Lipinski definition) is 0. The summed E-state index contributed by atoms with van der Waals surface area (Å²) in [5.41, 5.74) is 0. The van der Waals surface area contributed by atoms with E-state index in [2.05, 4.69) is 4.74 Å². The molecule has 0 aromatic heterocycles. The Balaban J connectivity index is 2.47. The van der Waals surface area contributed by atoms with Crippen LogP contribution in [-0.4, -0.2) is 12.3 Å². The van der Waals surface area contributed by atoms with Crippen LogP contribution in [-0.2, 0) is 9.53 Å². The molecule has 1 heterocycles. The fraction of sp³-hybridized carbons (Fsp3) is 0.500. The molecule has 1 atom stereocenters. The number of epoxide rings is 1. The molecule has 0 aromatic rings. The minimum atomic E-state index is -1.59. The van der Waals surface area contributed by atoms with Crippen LogP contribution in [0.3, 0.4) is 0 Å². The lowest BCUT2D eigenvalue weighted by Crippen LogP contribution is -1.65. The number of ether oxygens (including phenoxy) is 1. The van der Waals surface area contributed by atoms with Gasteiger partial charge in [0.1, 0.15) is 0 Å². The van der Waals surface area contributed by atoms with E-state index in [0.717, 1.165) is 0 Å². The molecular weight excluding hydrogens is 75.0 g/mol. The van der Waals surface area contributed by atoms with Crippen molar-refractivity contribution in [1.29, 1.82) is 0 Å². The normalized spacial score (nSPS) is 33.0. The van der Waals surface area contributed by atoms with Crippen molar-refractivity contribution in [2.75, 3.05) is 0 Å². The van der Waals surface area contributed by atoms with Crippen LogP contribution in [0.5, 0.6) is 0 Å². The van der Waals surface area contributed by atoms with Gasteiger partial charge in [-0.15, -0.1) is 0 Å². The first-order valence-corrected chi connectivity index (χ1v) is 1.15. The molecular formula is C2HFO2. The zero-order valence-corrected chi connectivity index (χ0v) is 2.27. The van der Waals surface area contributed by atoms with Crippen LogP contribution in [0.25, 0.3) is 0 Å². The third kappa shape index (κ3) is 0.229. The third-order valence-corrected chi connectivity index (χ3v) is 0.348. The predicted molar refractivity (Wildman–Crippen MR) is 11.0 cm³/mol. The quantitative estimate of drug-likeness (QED) is 0.375. The molecule has 0 radical (unpaired) electrons. The Morgan fingerprint density at radius 1 is 2.00 bits per heavy atom. The van der Waals surface area contributed by atoms with Gasteiger partial charge in [0, 0.05) is 0 Å². The van der Waals surface area contributed by atoms with Gasteiger partial charge < -0.3 is 4.74 Å². The summed E-state index contributed by atoms with van der Waals surface area (Å²) in [5.74, 6) is -0.745. The van der Waals surface area contributed by atoms with Gasteiger partial charge in [-0.05, 0) is 0 Å². The Morgan fingerprint density at radius 3 is 2.20 bits per heavy atom. The molecule has 0 saturated carbocycles. The summed E-state index contributed by atoms with van der Waals surface area (Å²) >= 11 is 0. The van der Waals surface area contributed by atoms with Crippen molar-refractivity contribution in [3.8, 4) is 0 Å². The van der Waals surface area contributed by atoms with Gasteiger partial charge in [-0.2, -0.15) is 4.39 Å². The molecule has 1 aliphatic rings. The van der Waals surface area contributed by atoms with E-state index in [1.807, 2.05) is 0 Å². The highest BCUT2D eigenvalue weighted by Gasteiger charge is 2.37. The number of cyclic esters (lactones) is 1. The number of carbonyl (C=O) groups excluding carboxylic acids is 1. The van der Waals surface area contributed by atoms with Crippen molar-refractivity contribution >= 4 is 5.97 Å². The second-order valence-corrected chi connectivity index (χ2v) is 0.753. The maximum absolute atomic E-state index is 10.9. The van der Waals surface area contributed by atoms with E-state index in [-0.39, 0.29) is 0 Å². The maximum Gasteiger partial charge on any atom is 0.384 e. The molecule has 0 amide bonds. The van der Waals surface area contributed by atoms with E-state index >= 15 is 0 Å². The van der Waals surface area contributed by atoms with Crippen molar-refractivity contribution < 1.29 is 13.9 Å². The van der Waals surface area contributed by atoms with Crippen molar-refractivity contribution in [1.82, 2.24) is 0 Å². The smallest absolute Gasteiger partial charge is 0.384 e. The lowest BCUT2D eigenvalue weighted by molar-refractivity contribution is -0.117. The van der Waals surface area contributed by atoms with Crippen molar-refractivity contribution in [2.24, 2.45) is 0 Å². The molecule has 1 fully saturated rings. The second-order valence-electron chi connectivity index (χ2n) is 0.753. The Morgan fingerprint density at radius 2 is 2.20 bits per heavy atom. The first kappa shape index (κ1) is 2.63. The number of rotatable bonds is 0. The second kappa shape index (κ2) is 0.478. The minimum absolute atomic E-state index is 0.745. The predicted octanol–water partition coefficient (Wildman–Crippen LogP) is -0.161. The van der Waals surface area contributed by atoms with Crippen molar-refractivity contribution in [2.45, 2.75) is 6.36 Å². The Labute approximate surface area is 27.5 Å². The maximum atomic E-state index is 10.9.